The van der Waals surface area contributed by atoms with Gasteiger partial charge in [-0.05, 0) is 12.3 Å². The van der Waals surface area contributed by atoms with Gasteiger partial charge in [0.1, 0.15) is 0 Å². The Labute approximate surface area is 87.4 Å². The molecule has 0 fully saturated rings. The van der Waals surface area contributed by atoms with Crippen LogP contribution in [-0.4, -0.2) is 37.6 Å². The SMILES string of the molecule is CCC(C)COCCOCC(O)CC. The van der Waals surface area contributed by atoms with Gasteiger partial charge in [0.15, 0.2) is 0 Å². The maximum Gasteiger partial charge on any atom is 0.0771 e. The summed E-state index contributed by atoms with van der Waals surface area (Å²) in [5.41, 5.74) is 0. The summed E-state index contributed by atoms with van der Waals surface area (Å²) in [5, 5.41) is 9.17. The molecule has 0 aromatic carbocycles. The lowest BCUT2D eigenvalue weighted by molar-refractivity contribution is -0.00245. The third-order valence-corrected chi connectivity index (χ3v) is 2.25. The lowest BCUT2D eigenvalue weighted by Gasteiger charge is -2.11. The second-order valence-corrected chi connectivity index (χ2v) is 3.73. The van der Waals surface area contributed by atoms with Crippen molar-refractivity contribution in [2.45, 2.75) is 39.7 Å². The first-order valence-corrected chi connectivity index (χ1v) is 5.54. The molecule has 2 unspecified atom stereocenters. The Morgan fingerprint density at radius 2 is 1.57 bits per heavy atom. The summed E-state index contributed by atoms with van der Waals surface area (Å²) < 4.78 is 10.6. The third-order valence-electron chi connectivity index (χ3n) is 2.25. The maximum atomic E-state index is 9.17. The third kappa shape index (κ3) is 8.48. The van der Waals surface area contributed by atoms with Gasteiger partial charge in [0.05, 0.1) is 25.9 Å². The van der Waals surface area contributed by atoms with Crippen molar-refractivity contribution in [3.05, 3.63) is 0 Å². The minimum atomic E-state index is -0.329. The molecule has 0 radical (unpaired) electrons. The topological polar surface area (TPSA) is 38.7 Å². The average molecular weight is 204 g/mol. The molecule has 0 rings (SSSR count). The van der Waals surface area contributed by atoms with Crippen LogP contribution in [0, 0.1) is 5.92 Å². The van der Waals surface area contributed by atoms with Gasteiger partial charge in [0.25, 0.3) is 0 Å². The molecule has 0 aliphatic rings. The van der Waals surface area contributed by atoms with Crippen molar-refractivity contribution in [2.24, 2.45) is 5.92 Å². The molecule has 0 aliphatic heterocycles. The molecule has 86 valence electrons. The number of rotatable bonds is 9. The van der Waals surface area contributed by atoms with Crippen LogP contribution in [-0.2, 0) is 9.47 Å². The molecule has 3 nitrogen and oxygen atoms in total. The van der Waals surface area contributed by atoms with Crippen molar-refractivity contribution >= 4 is 0 Å². The van der Waals surface area contributed by atoms with Crippen molar-refractivity contribution in [3.8, 4) is 0 Å². The van der Waals surface area contributed by atoms with E-state index in [4.69, 9.17) is 9.47 Å². The van der Waals surface area contributed by atoms with Gasteiger partial charge < -0.3 is 14.6 Å². The van der Waals surface area contributed by atoms with E-state index in [-0.39, 0.29) is 6.10 Å². The molecule has 14 heavy (non-hydrogen) atoms. The molecule has 0 aliphatic carbocycles. The lowest BCUT2D eigenvalue weighted by atomic mass is 10.1. The van der Waals surface area contributed by atoms with Gasteiger partial charge in [0.2, 0.25) is 0 Å². The molecule has 0 spiro atoms. The number of aliphatic hydroxyl groups is 1. The minimum Gasteiger partial charge on any atom is -0.391 e. The number of ether oxygens (including phenoxy) is 2. The maximum absolute atomic E-state index is 9.17. The van der Waals surface area contributed by atoms with Gasteiger partial charge in [0, 0.05) is 6.61 Å². The zero-order valence-corrected chi connectivity index (χ0v) is 9.66. The van der Waals surface area contributed by atoms with E-state index in [2.05, 4.69) is 13.8 Å². The predicted molar refractivity (Wildman–Crippen MR) is 57.4 cm³/mol. The summed E-state index contributed by atoms with van der Waals surface area (Å²) in [6.07, 6.45) is 1.56. The molecular formula is C11H24O3. The van der Waals surface area contributed by atoms with Crippen LogP contribution in [0.3, 0.4) is 0 Å². The molecule has 0 amide bonds. The molecule has 0 saturated carbocycles. The van der Waals surface area contributed by atoms with Crippen LogP contribution in [0.4, 0.5) is 0 Å². The molecule has 3 heteroatoms. The first-order chi connectivity index (χ1) is 6.70. The molecule has 0 saturated heterocycles. The summed E-state index contributed by atoms with van der Waals surface area (Å²) in [4.78, 5) is 0. The van der Waals surface area contributed by atoms with E-state index in [1.807, 2.05) is 6.92 Å². The highest BCUT2D eigenvalue weighted by molar-refractivity contribution is 4.49. The normalized spacial score (nSPS) is 15.4. The van der Waals surface area contributed by atoms with Crippen LogP contribution in [0.15, 0.2) is 0 Å². The Kier molecular flexibility index (Phi) is 9.35. The Morgan fingerprint density at radius 3 is 2.07 bits per heavy atom. The number of aliphatic hydroxyl groups excluding tert-OH is 1. The van der Waals surface area contributed by atoms with Crippen molar-refractivity contribution in [2.75, 3.05) is 26.4 Å². The summed E-state index contributed by atoms with van der Waals surface area (Å²) in [6.45, 7) is 8.69. The van der Waals surface area contributed by atoms with Crippen LogP contribution in [0.25, 0.3) is 0 Å². The molecule has 0 aromatic rings. The Balaban J connectivity index is 3.06. The van der Waals surface area contributed by atoms with E-state index < -0.39 is 0 Å². The predicted octanol–water partition coefficient (Wildman–Crippen LogP) is 1.84. The van der Waals surface area contributed by atoms with Crippen molar-refractivity contribution in [1.82, 2.24) is 0 Å². The standard InChI is InChI=1S/C11H24O3/c1-4-10(3)8-13-6-7-14-9-11(12)5-2/h10-12H,4-9H2,1-3H3. The van der Waals surface area contributed by atoms with Gasteiger partial charge in [-0.2, -0.15) is 0 Å². The highest BCUT2D eigenvalue weighted by Crippen LogP contribution is 2.00. The van der Waals surface area contributed by atoms with Gasteiger partial charge in [-0.3, -0.25) is 0 Å². The van der Waals surface area contributed by atoms with Gasteiger partial charge in [-0.1, -0.05) is 27.2 Å². The highest BCUT2D eigenvalue weighted by Gasteiger charge is 2.00. The lowest BCUT2D eigenvalue weighted by Crippen LogP contribution is -2.17. The van der Waals surface area contributed by atoms with Gasteiger partial charge in [-0.15, -0.1) is 0 Å². The van der Waals surface area contributed by atoms with E-state index >= 15 is 0 Å². The molecule has 0 bridgehead atoms. The van der Waals surface area contributed by atoms with E-state index in [9.17, 15) is 5.11 Å². The molecule has 0 aromatic heterocycles. The van der Waals surface area contributed by atoms with Crippen LogP contribution in [0.1, 0.15) is 33.6 Å². The van der Waals surface area contributed by atoms with Crippen LogP contribution >= 0.6 is 0 Å². The number of hydrogen-bond acceptors (Lipinski definition) is 3. The molecule has 1 N–H and O–H groups in total. The zero-order valence-electron chi connectivity index (χ0n) is 9.66. The van der Waals surface area contributed by atoms with E-state index in [0.717, 1.165) is 19.4 Å². The molecule has 2 atom stereocenters. The van der Waals surface area contributed by atoms with E-state index in [1.165, 1.54) is 0 Å². The fourth-order valence-electron chi connectivity index (χ4n) is 0.857. The summed E-state index contributed by atoms with van der Waals surface area (Å²) in [5.74, 6) is 0.622. The minimum absolute atomic E-state index is 0.329. The van der Waals surface area contributed by atoms with Crippen LogP contribution in [0.2, 0.25) is 0 Å². The van der Waals surface area contributed by atoms with Crippen molar-refractivity contribution < 1.29 is 14.6 Å². The number of hydrogen-bond donors (Lipinski definition) is 1. The average Bonchev–Trinajstić information content (AvgIpc) is 2.22. The van der Waals surface area contributed by atoms with Gasteiger partial charge >= 0.3 is 0 Å². The summed E-state index contributed by atoms with van der Waals surface area (Å²) >= 11 is 0. The van der Waals surface area contributed by atoms with Crippen molar-refractivity contribution in [1.29, 1.82) is 0 Å². The largest absolute Gasteiger partial charge is 0.391 e. The first kappa shape index (κ1) is 13.9. The quantitative estimate of drug-likeness (QED) is 0.582. The van der Waals surface area contributed by atoms with Crippen molar-refractivity contribution in [3.63, 3.8) is 0 Å². The zero-order chi connectivity index (χ0) is 10.8. The second-order valence-electron chi connectivity index (χ2n) is 3.73. The summed E-state index contributed by atoms with van der Waals surface area (Å²) in [7, 11) is 0. The fourth-order valence-corrected chi connectivity index (χ4v) is 0.857. The first-order valence-electron chi connectivity index (χ1n) is 5.54. The fraction of sp³-hybridized carbons (Fsp3) is 1.00. The van der Waals surface area contributed by atoms with E-state index in [1.54, 1.807) is 0 Å². The Hall–Kier alpha value is -0.120. The smallest absolute Gasteiger partial charge is 0.0771 e. The Bertz CT molecular complexity index is 103. The van der Waals surface area contributed by atoms with Crippen LogP contribution in [0.5, 0.6) is 0 Å². The van der Waals surface area contributed by atoms with Gasteiger partial charge in [-0.25, -0.2) is 0 Å². The highest BCUT2D eigenvalue weighted by atomic mass is 16.5. The second kappa shape index (κ2) is 9.44. The molecule has 0 heterocycles. The monoisotopic (exact) mass is 204 g/mol. The summed E-state index contributed by atoms with van der Waals surface area (Å²) in [6, 6.07) is 0. The van der Waals surface area contributed by atoms with E-state index in [0.29, 0.717) is 25.7 Å². The Morgan fingerprint density at radius 1 is 1.00 bits per heavy atom. The van der Waals surface area contributed by atoms with Crippen LogP contribution < -0.4 is 0 Å². The molecular weight excluding hydrogens is 180 g/mol.